The molecular formula is C33H50O7. The highest BCUT2D eigenvalue weighted by Crippen LogP contribution is 2.66. The average Bonchev–Trinajstić information content (AvgIpc) is 3.18. The van der Waals surface area contributed by atoms with Gasteiger partial charge in [0.2, 0.25) is 0 Å². The highest BCUT2D eigenvalue weighted by molar-refractivity contribution is 5.67. The van der Waals surface area contributed by atoms with Crippen molar-refractivity contribution in [1.82, 2.24) is 0 Å². The van der Waals surface area contributed by atoms with E-state index in [4.69, 9.17) is 14.2 Å². The first-order chi connectivity index (χ1) is 18.6. The molecular weight excluding hydrogens is 508 g/mol. The van der Waals surface area contributed by atoms with Crippen molar-refractivity contribution in [2.75, 3.05) is 0 Å². The van der Waals surface area contributed by atoms with Crippen LogP contribution in [0.15, 0.2) is 23.3 Å². The van der Waals surface area contributed by atoms with Crippen LogP contribution >= 0.6 is 0 Å². The molecule has 0 spiro atoms. The second-order valence-electron chi connectivity index (χ2n) is 14.1. The lowest BCUT2D eigenvalue weighted by molar-refractivity contribution is -0.165. The Morgan fingerprint density at radius 3 is 2.27 bits per heavy atom. The van der Waals surface area contributed by atoms with Gasteiger partial charge in [0.15, 0.2) is 0 Å². The van der Waals surface area contributed by atoms with Gasteiger partial charge < -0.3 is 19.3 Å². The summed E-state index contributed by atoms with van der Waals surface area (Å²) < 4.78 is 17.5. The first kappa shape index (κ1) is 30.8. The third-order valence-electron chi connectivity index (χ3n) is 10.9. The standard InChI is InChI=1S/C33H50O7/c1-19(29(39-21(3)35)14-15-31(5,6)37)26-11-12-27-25-10-9-23-17-24(38-20(2)34)18-30(40-22(4)36)33(23,8)28(25)13-16-32(26,27)7/h9-10,19,24,26-30,37H,11-18H2,1-8H3/t19-,24+,26+,27-,28-,29-,30-,32+,33-/m0/s1. The van der Waals surface area contributed by atoms with Gasteiger partial charge in [-0.15, -0.1) is 0 Å². The Morgan fingerprint density at radius 2 is 1.68 bits per heavy atom. The molecule has 0 aromatic carbocycles. The second-order valence-corrected chi connectivity index (χ2v) is 14.1. The summed E-state index contributed by atoms with van der Waals surface area (Å²) in [6.07, 6.45) is 10.3. The predicted molar refractivity (Wildman–Crippen MR) is 152 cm³/mol. The second kappa shape index (κ2) is 11.3. The molecule has 0 heterocycles. The van der Waals surface area contributed by atoms with E-state index in [0.29, 0.717) is 37.5 Å². The van der Waals surface area contributed by atoms with Gasteiger partial charge in [-0.1, -0.05) is 44.1 Å². The van der Waals surface area contributed by atoms with Crippen LogP contribution in [-0.4, -0.2) is 46.9 Å². The number of allylic oxidation sites excluding steroid dienone is 3. The lowest BCUT2D eigenvalue weighted by Gasteiger charge is -2.57. The Morgan fingerprint density at radius 1 is 1.00 bits per heavy atom. The Bertz CT molecular complexity index is 1070. The molecule has 0 aliphatic heterocycles. The van der Waals surface area contributed by atoms with Crippen LogP contribution in [0.25, 0.3) is 0 Å². The van der Waals surface area contributed by atoms with Crippen LogP contribution in [0, 0.1) is 34.5 Å². The fraction of sp³-hybridized carbons (Fsp3) is 0.788. The van der Waals surface area contributed by atoms with Gasteiger partial charge in [-0.25, -0.2) is 0 Å². The molecule has 0 amide bonds. The molecule has 4 aliphatic rings. The molecule has 1 N–H and O–H groups in total. The molecule has 3 saturated carbocycles. The number of ether oxygens (including phenoxy) is 3. The summed E-state index contributed by atoms with van der Waals surface area (Å²) in [4.78, 5) is 36.0. The Labute approximate surface area is 240 Å². The normalized spacial score (nSPS) is 36.6. The lowest BCUT2D eigenvalue weighted by Crippen LogP contribution is -2.54. The van der Waals surface area contributed by atoms with E-state index >= 15 is 0 Å². The van der Waals surface area contributed by atoms with Crippen LogP contribution < -0.4 is 0 Å². The summed E-state index contributed by atoms with van der Waals surface area (Å²) in [5.41, 5.74) is 1.60. The third-order valence-corrected chi connectivity index (χ3v) is 10.9. The summed E-state index contributed by atoms with van der Waals surface area (Å²) >= 11 is 0. The number of carbonyl (C=O) groups excluding carboxylic acids is 3. The van der Waals surface area contributed by atoms with Gasteiger partial charge in [0.05, 0.1) is 5.60 Å². The van der Waals surface area contributed by atoms with Crippen molar-refractivity contribution in [3.63, 3.8) is 0 Å². The van der Waals surface area contributed by atoms with Crippen molar-refractivity contribution in [2.45, 2.75) is 131 Å². The van der Waals surface area contributed by atoms with Crippen molar-refractivity contribution < 1.29 is 33.7 Å². The minimum Gasteiger partial charge on any atom is -0.462 e. The summed E-state index contributed by atoms with van der Waals surface area (Å²) in [6, 6.07) is 0. The molecule has 224 valence electrons. The maximum atomic E-state index is 12.2. The Hall–Kier alpha value is -2.15. The highest BCUT2D eigenvalue weighted by atomic mass is 16.6. The van der Waals surface area contributed by atoms with E-state index in [1.165, 1.54) is 31.9 Å². The molecule has 0 unspecified atom stereocenters. The molecule has 0 aromatic heterocycles. The quantitative estimate of drug-likeness (QED) is 0.285. The zero-order valence-electron chi connectivity index (χ0n) is 25.7. The minimum absolute atomic E-state index is 0.0719. The summed E-state index contributed by atoms with van der Waals surface area (Å²) in [5, 5.41) is 10.4. The molecule has 7 heteroatoms. The highest BCUT2D eigenvalue weighted by Gasteiger charge is 2.60. The number of carbonyl (C=O) groups is 3. The first-order valence-corrected chi connectivity index (χ1v) is 15.2. The maximum absolute atomic E-state index is 12.2. The fourth-order valence-corrected chi connectivity index (χ4v) is 9.00. The van der Waals surface area contributed by atoms with Gasteiger partial charge >= 0.3 is 17.9 Å². The van der Waals surface area contributed by atoms with Crippen molar-refractivity contribution in [1.29, 1.82) is 0 Å². The summed E-state index contributed by atoms with van der Waals surface area (Å²) in [5.74, 6) is 0.369. The molecule has 0 radical (unpaired) electrons. The minimum atomic E-state index is -0.808. The SMILES string of the molecule is CC(=O)O[C@@H]1CC2=CC=C3[C@@H]4CC[C@H]([C@H](C)[C@H](CCC(C)(C)O)OC(C)=O)[C@@]4(C)CC[C@@H]3[C@@]2(C)[C@@H](OC(C)=O)C1. The maximum Gasteiger partial charge on any atom is 0.302 e. The molecule has 40 heavy (non-hydrogen) atoms. The van der Waals surface area contributed by atoms with Gasteiger partial charge in [0.1, 0.15) is 18.3 Å². The molecule has 9 atom stereocenters. The van der Waals surface area contributed by atoms with E-state index in [1.54, 1.807) is 13.8 Å². The van der Waals surface area contributed by atoms with Crippen molar-refractivity contribution >= 4 is 17.9 Å². The largest absolute Gasteiger partial charge is 0.462 e. The summed E-state index contributed by atoms with van der Waals surface area (Å²) in [7, 11) is 0. The topological polar surface area (TPSA) is 99.1 Å². The number of aliphatic hydroxyl groups is 1. The van der Waals surface area contributed by atoms with E-state index in [-0.39, 0.29) is 58.9 Å². The molecule has 0 aromatic rings. The van der Waals surface area contributed by atoms with Crippen molar-refractivity contribution in [3.8, 4) is 0 Å². The van der Waals surface area contributed by atoms with E-state index in [1.807, 2.05) is 0 Å². The molecule has 4 aliphatic carbocycles. The van der Waals surface area contributed by atoms with Crippen LogP contribution in [0.5, 0.6) is 0 Å². The number of hydrogen-bond acceptors (Lipinski definition) is 7. The van der Waals surface area contributed by atoms with Crippen molar-refractivity contribution in [3.05, 3.63) is 23.3 Å². The zero-order chi connectivity index (χ0) is 29.6. The number of rotatable bonds is 8. The van der Waals surface area contributed by atoms with E-state index in [2.05, 4.69) is 32.9 Å². The molecule has 7 nitrogen and oxygen atoms in total. The molecule has 4 rings (SSSR count). The predicted octanol–water partition coefficient (Wildman–Crippen LogP) is 6.08. The zero-order valence-corrected chi connectivity index (χ0v) is 25.7. The molecule has 0 saturated heterocycles. The number of esters is 3. The van der Waals surface area contributed by atoms with Crippen LogP contribution in [-0.2, 0) is 28.6 Å². The smallest absolute Gasteiger partial charge is 0.302 e. The Kier molecular flexibility index (Phi) is 8.67. The van der Waals surface area contributed by atoms with Crippen LogP contribution in [0.1, 0.15) is 107 Å². The lowest BCUT2D eigenvalue weighted by atomic mass is 9.49. The van der Waals surface area contributed by atoms with E-state index in [9.17, 15) is 19.5 Å². The third kappa shape index (κ3) is 5.91. The van der Waals surface area contributed by atoms with Gasteiger partial charge in [0, 0.05) is 39.0 Å². The first-order valence-electron chi connectivity index (χ1n) is 15.2. The van der Waals surface area contributed by atoms with Gasteiger partial charge in [0.25, 0.3) is 0 Å². The average molecular weight is 559 g/mol. The van der Waals surface area contributed by atoms with Gasteiger partial charge in [-0.2, -0.15) is 0 Å². The van der Waals surface area contributed by atoms with Crippen LogP contribution in [0.3, 0.4) is 0 Å². The van der Waals surface area contributed by atoms with Gasteiger partial charge in [-0.05, 0) is 81.5 Å². The molecule has 0 bridgehead atoms. The number of fused-ring (bicyclic) bond motifs is 5. The van der Waals surface area contributed by atoms with E-state index in [0.717, 1.165) is 25.7 Å². The van der Waals surface area contributed by atoms with Crippen molar-refractivity contribution in [2.24, 2.45) is 34.5 Å². The molecule has 3 fully saturated rings. The van der Waals surface area contributed by atoms with Gasteiger partial charge in [-0.3, -0.25) is 14.4 Å². The summed E-state index contributed by atoms with van der Waals surface area (Å²) in [6.45, 7) is 14.9. The fourth-order valence-electron chi connectivity index (χ4n) is 9.00. The Balaban J connectivity index is 1.62. The monoisotopic (exact) mass is 558 g/mol. The van der Waals surface area contributed by atoms with E-state index < -0.39 is 5.60 Å². The number of hydrogen-bond donors (Lipinski definition) is 1. The van der Waals surface area contributed by atoms with Crippen LogP contribution in [0.4, 0.5) is 0 Å². The van der Waals surface area contributed by atoms with Crippen LogP contribution in [0.2, 0.25) is 0 Å².